The molecule has 160 valence electrons. The van der Waals surface area contributed by atoms with Gasteiger partial charge in [-0.25, -0.2) is 0 Å². The molecule has 4 rings (SSSR count). The fraction of sp³-hybridized carbons (Fsp3) is 0.259. The molecule has 0 saturated heterocycles. The van der Waals surface area contributed by atoms with Crippen molar-refractivity contribution in [2.24, 2.45) is 5.92 Å². The quantitative estimate of drug-likeness (QED) is 0.570. The van der Waals surface area contributed by atoms with E-state index in [0.717, 1.165) is 33.9 Å². The largest absolute Gasteiger partial charge is 0.497 e. The van der Waals surface area contributed by atoms with Crippen LogP contribution in [0, 0.1) is 5.92 Å². The Balaban J connectivity index is 1.63. The Morgan fingerprint density at radius 2 is 1.32 bits per heavy atom. The zero-order chi connectivity index (χ0) is 21.7. The molecule has 0 saturated carbocycles. The van der Waals surface area contributed by atoms with Gasteiger partial charge < -0.3 is 19.9 Å². The lowest BCUT2D eigenvalue weighted by Gasteiger charge is -2.33. The minimum Gasteiger partial charge on any atom is -0.497 e. The number of ether oxygens (including phenoxy) is 2. The Kier molecular flexibility index (Phi) is 6.28. The minimum atomic E-state index is -0.938. The highest BCUT2D eigenvalue weighted by Crippen LogP contribution is 2.34. The lowest BCUT2D eigenvalue weighted by molar-refractivity contribution is 0.00383. The normalized spacial score (nSPS) is 15.8. The summed E-state index contributed by atoms with van der Waals surface area (Å²) in [5.74, 6) is 1.61. The van der Waals surface area contributed by atoms with Crippen molar-refractivity contribution in [3.8, 4) is 11.5 Å². The number of hydrogen-bond acceptors (Lipinski definition) is 4. The van der Waals surface area contributed by atoms with E-state index in [1.807, 2.05) is 66.7 Å². The van der Waals surface area contributed by atoms with Gasteiger partial charge in [-0.05, 0) is 41.0 Å². The number of rotatable bonds is 8. The van der Waals surface area contributed by atoms with E-state index in [-0.39, 0.29) is 5.92 Å². The summed E-state index contributed by atoms with van der Waals surface area (Å²) >= 11 is 0. The standard InChI is InChI=1S/C27H29NO3/c1-30-24-12-8-20(9-13-24)17-27(29,18-21-10-14-25(31-2)15-11-21)23-16-26(28-19-23)22-6-4-3-5-7-22/h3-16,23,28-29H,17-19H2,1-2H3/t23-/m0/s1. The van der Waals surface area contributed by atoms with Crippen LogP contribution in [0.5, 0.6) is 11.5 Å². The van der Waals surface area contributed by atoms with Gasteiger partial charge in [0, 0.05) is 31.0 Å². The second-order valence-corrected chi connectivity index (χ2v) is 8.09. The molecule has 0 amide bonds. The Hall–Kier alpha value is -3.24. The zero-order valence-electron chi connectivity index (χ0n) is 18.0. The maximum atomic E-state index is 12.0. The molecule has 4 heteroatoms. The Bertz CT molecular complexity index is 961. The SMILES string of the molecule is COc1ccc(CC(O)(Cc2ccc(OC)cc2)[C@H]2C=C(c3ccccc3)NC2)cc1. The predicted octanol–water partition coefficient (Wildman–Crippen LogP) is 4.48. The van der Waals surface area contributed by atoms with Crippen molar-refractivity contribution in [3.63, 3.8) is 0 Å². The lowest BCUT2D eigenvalue weighted by atomic mass is 9.78. The van der Waals surface area contributed by atoms with Crippen LogP contribution < -0.4 is 14.8 Å². The van der Waals surface area contributed by atoms with Gasteiger partial charge in [0.15, 0.2) is 0 Å². The second-order valence-electron chi connectivity index (χ2n) is 8.09. The van der Waals surface area contributed by atoms with E-state index >= 15 is 0 Å². The van der Waals surface area contributed by atoms with Crippen LogP contribution in [0.2, 0.25) is 0 Å². The minimum absolute atomic E-state index is 0.0214. The molecule has 1 aliphatic heterocycles. The Morgan fingerprint density at radius 3 is 1.81 bits per heavy atom. The summed E-state index contributed by atoms with van der Waals surface area (Å²) in [5, 5.41) is 15.5. The van der Waals surface area contributed by atoms with Crippen LogP contribution in [-0.4, -0.2) is 31.5 Å². The number of aliphatic hydroxyl groups is 1. The van der Waals surface area contributed by atoms with Gasteiger partial charge in [0.2, 0.25) is 0 Å². The summed E-state index contributed by atoms with van der Waals surface area (Å²) in [6, 6.07) is 26.2. The summed E-state index contributed by atoms with van der Waals surface area (Å²) < 4.78 is 10.6. The molecule has 0 spiro atoms. The highest BCUT2D eigenvalue weighted by Gasteiger charge is 2.38. The molecule has 1 aliphatic rings. The summed E-state index contributed by atoms with van der Waals surface area (Å²) in [6.07, 6.45) is 3.28. The molecule has 0 aliphatic carbocycles. The van der Waals surface area contributed by atoms with Crippen LogP contribution in [-0.2, 0) is 12.8 Å². The number of hydrogen-bond donors (Lipinski definition) is 2. The van der Waals surface area contributed by atoms with Gasteiger partial charge in [0.1, 0.15) is 11.5 Å². The van der Waals surface area contributed by atoms with Gasteiger partial charge in [-0.2, -0.15) is 0 Å². The van der Waals surface area contributed by atoms with Crippen LogP contribution in [0.3, 0.4) is 0 Å². The number of methoxy groups -OCH3 is 2. The van der Waals surface area contributed by atoms with Gasteiger partial charge >= 0.3 is 0 Å². The molecule has 2 N–H and O–H groups in total. The van der Waals surface area contributed by atoms with E-state index in [4.69, 9.17) is 9.47 Å². The molecule has 4 nitrogen and oxygen atoms in total. The molecule has 0 unspecified atom stereocenters. The average Bonchev–Trinajstić information content (AvgIpc) is 3.32. The second kappa shape index (κ2) is 9.27. The van der Waals surface area contributed by atoms with Crippen molar-refractivity contribution < 1.29 is 14.6 Å². The predicted molar refractivity (Wildman–Crippen MR) is 124 cm³/mol. The summed E-state index contributed by atoms with van der Waals surface area (Å²) in [7, 11) is 3.32. The third-order valence-electron chi connectivity index (χ3n) is 5.99. The van der Waals surface area contributed by atoms with E-state index in [0.29, 0.717) is 19.4 Å². The van der Waals surface area contributed by atoms with Crippen molar-refractivity contribution >= 4 is 5.70 Å². The first-order chi connectivity index (χ1) is 15.1. The van der Waals surface area contributed by atoms with Gasteiger partial charge in [-0.15, -0.1) is 0 Å². The molecule has 3 aromatic rings. The van der Waals surface area contributed by atoms with Gasteiger partial charge in [-0.1, -0.05) is 60.7 Å². The van der Waals surface area contributed by atoms with E-state index in [2.05, 4.69) is 23.5 Å². The maximum absolute atomic E-state index is 12.0. The third kappa shape index (κ3) is 4.92. The zero-order valence-corrected chi connectivity index (χ0v) is 18.0. The molecular formula is C27H29NO3. The van der Waals surface area contributed by atoms with Crippen LogP contribution >= 0.6 is 0 Å². The highest BCUT2D eigenvalue weighted by atomic mass is 16.5. The molecule has 0 fully saturated rings. The first-order valence-electron chi connectivity index (χ1n) is 10.6. The van der Waals surface area contributed by atoms with E-state index in [9.17, 15) is 5.11 Å². The fourth-order valence-electron chi connectivity index (χ4n) is 4.22. The van der Waals surface area contributed by atoms with Crippen molar-refractivity contribution in [2.45, 2.75) is 18.4 Å². The van der Waals surface area contributed by atoms with Crippen LogP contribution in [0.1, 0.15) is 16.7 Å². The molecule has 0 radical (unpaired) electrons. The summed E-state index contributed by atoms with van der Waals surface area (Å²) in [6.45, 7) is 0.701. The van der Waals surface area contributed by atoms with Gasteiger partial charge in [-0.3, -0.25) is 0 Å². The molecular weight excluding hydrogens is 386 g/mol. The third-order valence-corrected chi connectivity index (χ3v) is 5.99. The molecule has 3 aromatic carbocycles. The van der Waals surface area contributed by atoms with Crippen molar-refractivity contribution in [1.82, 2.24) is 5.32 Å². The van der Waals surface area contributed by atoms with E-state index in [1.54, 1.807) is 14.2 Å². The first kappa shape index (κ1) is 21.0. The van der Waals surface area contributed by atoms with Gasteiger partial charge in [0.25, 0.3) is 0 Å². The molecule has 0 aromatic heterocycles. The molecule has 31 heavy (non-hydrogen) atoms. The molecule has 1 heterocycles. The number of benzene rings is 3. The van der Waals surface area contributed by atoms with Crippen LogP contribution in [0.4, 0.5) is 0 Å². The van der Waals surface area contributed by atoms with E-state index < -0.39 is 5.60 Å². The number of nitrogens with one attached hydrogen (secondary N) is 1. The Morgan fingerprint density at radius 1 is 0.806 bits per heavy atom. The molecule has 1 atom stereocenters. The monoisotopic (exact) mass is 415 g/mol. The summed E-state index contributed by atoms with van der Waals surface area (Å²) in [4.78, 5) is 0. The van der Waals surface area contributed by atoms with E-state index in [1.165, 1.54) is 0 Å². The fourth-order valence-corrected chi connectivity index (χ4v) is 4.22. The first-order valence-corrected chi connectivity index (χ1v) is 10.6. The van der Waals surface area contributed by atoms with Gasteiger partial charge in [0.05, 0.1) is 19.8 Å². The lowest BCUT2D eigenvalue weighted by Crippen LogP contribution is -2.43. The van der Waals surface area contributed by atoms with Crippen molar-refractivity contribution in [2.75, 3.05) is 20.8 Å². The van der Waals surface area contributed by atoms with Crippen molar-refractivity contribution in [1.29, 1.82) is 0 Å². The molecule has 0 bridgehead atoms. The van der Waals surface area contributed by atoms with Crippen molar-refractivity contribution in [3.05, 3.63) is 102 Å². The smallest absolute Gasteiger partial charge is 0.118 e. The van der Waals surface area contributed by atoms with Crippen LogP contribution in [0.25, 0.3) is 5.70 Å². The highest BCUT2D eigenvalue weighted by molar-refractivity contribution is 5.66. The summed E-state index contributed by atoms with van der Waals surface area (Å²) in [5.41, 5.74) is 3.44. The van der Waals surface area contributed by atoms with Crippen LogP contribution in [0.15, 0.2) is 84.9 Å². The Labute approximate surface area is 184 Å². The maximum Gasteiger partial charge on any atom is 0.118 e. The average molecular weight is 416 g/mol. The topological polar surface area (TPSA) is 50.7 Å².